The summed E-state index contributed by atoms with van der Waals surface area (Å²) in [5, 5.41) is 3.39. The first-order valence-electron chi connectivity index (χ1n) is 5.70. The molecule has 16 heavy (non-hydrogen) atoms. The Hall–Kier alpha value is -1.35. The van der Waals surface area contributed by atoms with Crippen molar-refractivity contribution >= 4 is 5.97 Å². The van der Waals surface area contributed by atoms with Gasteiger partial charge in [0.1, 0.15) is 0 Å². The Morgan fingerprint density at radius 1 is 1.38 bits per heavy atom. The SMILES string of the molecule is COC(=O)c1ccc([C@H]2CCCNC2)cc1. The second kappa shape index (κ2) is 5.12. The van der Waals surface area contributed by atoms with Crippen LogP contribution < -0.4 is 5.32 Å². The quantitative estimate of drug-likeness (QED) is 0.772. The van der Waals surface area contributed by atoms with E-state index in [0.717, 1.165) is 13.1 Å². The number of carbonyl (C=O) groups excluding carboxylic acids is 1. The van der Waals surface area contributed by atoms with E-state index in [1.807, 2.05) is 24.3 Å². The highest BCUT2D eigenvalue weighted by molar-refractivity contribution is 5.89. The Labute approximate surface area is 95.8 Å². The van der Waals surface area contributed by atoms with Crippen LogP contribution in [-0.2, 0) is 4.74 Å². The molecule has 1 fully saturated rings. The topological polar surface area (TPSA) is 38.3 Å². The van der Waals surface area contributed by atoms with E-state index < -0.39 is 0 Å². The van der Waals surface area contributed by atoms with E-state index in [4.69, 9.17) is 0 Å². The zero-order chi connectivity index (χ0) is 11.4. The lowest BCUT2D eigenvalue weighted by molar-refractivity contribution is 0.0600. The summed E-state index contributed by atoms with van der Waals surface area (Å²) in [6.45, 7) is 2.16. The maximum absolute atomic E-state index is 11.3. The normalized spacial score (nSPS) is 20.4. The molecule has 1 atom stereocenters. The third-order valence-corrected chi connectivity index (χ3v) is 3.10. The zero-order valence-corrected chi connectivity index (χ0v) is 9.53. The Bertz CT molecular complexity index is 353. The molecule has 0 saturated carbocycles. The van der Waals surface area contributed by atoms with Crippen molar-refractivity contribution in [3.05, 3.63) is 35.4 Å². The lowest BCUT2D eigenvalue weighted by Gasteiger charge is -2.23. The summed E-state index contributed by atoms with van der Waals surface area (Å²) in [5.41, 5.74) is 1.93. The number of ether oxygens (including phenoxy) is 1. The monoisotopic (exact) mass is 219 g/mol. The summed E-state index contributed by atoms with van der Waals surface area (Å²) in [6, 6.07) is 7.75. The van der Waals surface area contributed by atoms with Crippen molar-refractivity contribution < 1.29 is 9.53 Å². The maximum atomic E-state index is 11.3. The summed E-state index contributed by atoms with van der Waals surface area (Å²) in [4.78, 5) is 11.3. The predicted molar refractivity (Wildman–Crippen MR) is 62.6 cm³/mol. The molecule has 1 aromatic carbocycles. The molecule has 0 aliphatic carbocycles. The van der Waals surface area contributed by atoms with Crippen molar-refractivity contribution in [2.45, 2.75) is 18.8 Å². The fourth-order valence-electron chi connectivity index (χ4n) is 2.15. The molecule has 1 heterocycles. The van der Waals surface area contributed by atoms with Crippen LogP contribution in [0.3, 0.4) is 0 Å². The van der Waals surface area contributed by atoms with Crippen LogP contribution in [0, 0.1) is 0 Å². The van der Waals surface area contributed by atoms with Gasteiger partial charge in [0.2, 0.25) is 0 Å². The number of nitrogens with one attached hydrogen (secondary N) is 1. The van der Waals surface area contributed by atoms with Gasteiger partial charge in [-0.2, -0.15) is 0 Å². The summed E-state index contributed by atoms with van der Waals surface area (Å²) < 4.78 is 4.67. The molecule has 0 radical (unpaired) electrons. The summed E-state index contributed by atoms with van der Waals surface area (Å²) in [7, 11) is 1.40. The van der Waals surface area contributed by atoms with Crippen molar-refractivity contribution in [1.82, 2.24) is 5.32 Å². The summed E-state index contributed by atoms with van der Waals surface area (Å²) in [6.07, 6.45) is 2.45. The smallest absolute Gasteiger partial charge is 0.337 e. The van der Waals surface area contributed by atoms with Crippen molar-refractivity contribution in [2.75, 3.05) is 20.2 Å². The molecule has 1 aromatic rings. The van der Waals surface area contributed by atoms with Crippen LogP contribution in [0.1, 0.15) is 34.7 Å². The van der Waals surface area contributed by atoms with Gasteiger partial charge in [-0.3, -0.25) is 0 Å². The molecular formula is C13H17NO2. The molecular weight excluding hydrogens is 202 g/mol. The van der Waals surface area contributed by atoms with Gasteiger partial charge in [-0.25, -0.2) is 4.79 Å². The highest BCUT2D eigenvalue weighted by atomic mass is 16.5. The van der Waals surface area contributed by atoms with E-state index >= 15 is 0 Å². The number of hydrogen-bond acceptors (Lipinski definition) is 3. The van der Waals surface area contributed by atoms with Gasteiger partial charge in [0.15, 0.2) is 0 Å². The van der Waals surface area contributed by atoms with Gasteiger partial charge in [-0.15, -0.1) is 0 Å². The molecule has 0 amide bonds. The number of hydrogen-bond donors (Lipinski definition) is 1. The highest BCUT2D eigenvalue weighted by Gasteiger charge is 2.15. The average Bonchev–Trinajstić information content (AvgIpc) is 2.39. The van der Waals surface area contributed by atoms with Crippen LogP contribution in [0.15, 0.2) is 24.3 Å². The molecule has 3 heteroatoms. The molecule has 0 spiro atoms. The van der Waals surface area contributed by atoms with Crippen molar-refractivity contribution in [3.8, 4) is 0 Å². The fourth-order valence-corrected chi connectivity index (χ4v) is 2.15. The largest absolute Gasteiger partial charge is 0.465 e. The number of methoxy groups -OCH3 is 1. The summed E-state index contributed by atoms with van der Waals surface area (Å²) in [5.74, 6) is 0.314. The first-order chi connectivity index (χ1) is 7.81. The molecule has 1 aliphatic rings. The van der Waals surface area contributed by atoms with Crippen molar-refractivity contribution in [2.24, 2.45) is 0 Å². The first kappa shape index (κ1) is 11.1. The molecule has 86 valence electrons. The van der Waals surface area contributed by atoms with Crippen LogP contribution in [0.5, 0.6) is 0 Å². The van der Waals surface area contributed by atoms with Gasteiger partial charge in [0.25, 0.3) is 0 Å². The van der Waals surface area contributed by atoms with E-state index in [0.29, 0.717) is 11.5 Å². The van der Waals surface area contributed by atoms with Crippen LogP contribution in [-0.4, -0.2) is 26.2 Å². The lowest BCUT2D eigenvalue weighted by atomic mass is 9.91. The molecule has 1 aliphatic heterocycles. The Kier molecular flexibility index (Phi) is 3.57. The minimum absolute atomic E-state index is 0.270. The maximum Gasteiger partial charge on any atom is 0.337 e. The van der Waals surface area contributed by atoms with Crippen molar-refractivity contribution in [3.63, 3.8) is 0 Å². The van der Waals surface area contributed by atoms with Crippen molar-refractivity contribution in [1.29, 1.82) is 0 Å². The number of rotatable bonds is 2. The second-order valence-corrected chi connectivity index (χ2v) is 4.16. The molecule has 2 rings (SSSR count). The minimum Gasteiger partial charge on any atom is -0.465 e. The molecule has 1 N–H and O–H groups in total. The fraction of sp³-hybridized carbons (Fsp3) is 0.462. The minimum atomic E-state index is -0.270. The van der Waals surface area contributed by atoms with E-state index in [1.54, 1.807) is 0 Å². The molecule has 1 saturated heterocycles. The third kappa shape index (κ3) is 2.42. The van der Waals surface area contributed by atoms with Crippen LogP contribution >= 0.6 is 0 Å². The Morgan fingerprint density at radius 2 is 2.12 bits per heavy atom. The number of benzene rings is 1. The first-order valence-corrected chi connectivity index (χ1v) is 5.70. The second-order valence-electron chi connectivity index (χ2n) is 4.16. The predicted octanol–water partition coefficient (Wildman–Crippen LogP) is 1.94. The van der Waals surface area contributed by atoms with Gasteiger partial charge in [-0.1, -0.05) is 12.1 Å². The number of piperidine rings is 1. The standard InChI is InChI=1S/C13H17NO2/c1-16-13(15)11-6-4-10(5-7-11)12-3-2-8-14-9-12/h4-7,12,14H,2-3,8-9H2,1H3/t12-/m0/s1. The van der Waals surface area contributed by atoms with Gasteiger partial charge in [0, 0.05) is 6.54 Å². The number of esters is 1. The molecule has 0 unspecified atom stereocenters. The van der Waals surface area contributed by atoms with Gasteiger partial charge < -0.3 is 10.1 Å². The zero-order valence-electron chi connectivity index (χ0n) is 9.53. The van der Waals surface area contributed by atoms with E-state index in [2.05, 4.69) is 10.1 Å². The van der Waals surface area contributed by atoms with Gasteiger partial charge >= 0.3 is 5.97 Å². The average molecular weight is 219 g/mol. The molecule has 0 bridgehead atoms. The lowest BCUT2D eigenvalue weighted by Crippen LogP contribution is -2.28. The highest BCUT2D eigenvalue weighted by Crippen LogP contribution is 2.23. The van der Waals surface area contributed by atoms with Gasteiger partial charge in [0.05, 0.1) is 12.7 Å². The molecule has 3 nitrogen and oxygen atoms in total. The Balaban J connectivity index is 2.09. The Morgan fingerprint density at radius 3 is 2.69 bits per heavy atom. The van der Waals surface area contributed by atoms with Crippen LogP contribution in [0.2, 0.25) is 0 Å². The van der Waals surface area contributed by atoms with E-state index in [-0.39, 0.29) is 5.97 Å². The van der Waals surface area contributed by atoms with Crippen LogP contribution in [0.25, 0.3) is 0 Å². The van der Waals surface area contributed by atoms with E-state index in [9.17, 15) is 4.79 Å². The van der Waals surface area contributed by atoms with Gasteiger partial charge in [-0.05, 0) is 43.0 Å². The summed E-state index contributed by atoms with van der Waals surface area (Å²) >= 11 is 0. The number of carbonyl (C=O) groups is 1. The third-order valence-electron chi connectivity index (χ3n) is 3.10. The van der Waals surface area contributed by atoms with E-state index in [1.165, 1.54) is 25.5 Å². The molecule has 0 aromatic heterocycles. The van der Waals surface area contributed by atoms with Crippen LogP contribution in [0.4, 0.5) is 0 Å².